The lowest BCUT2D eigenvalue weighted by Crippen LogP contribution is -2.71. The molecule has 4 aliphatic rings. The highest BCUT2D eigenvalue weighted by atomic mass is 16.6. The topological polar surface area (TPSA) is 72.9 Å². The van der Waals surface area contributed by atoms with Crippen LogP contribution in [-0.4, -0.2) is 74.9 Å². The van der Waals surface area contributed by atoms with E-state index in [1.54, 1.807) is 28.4 Å². The Morgan fingerprint density at radius 2 is 1.57 bits per heavy atom. The van der Waals surface area contributed by atoms with Crippen molar-refractivity contribution in [2.24, 2.45) is 0 Å². The van der Waals surface area contributed by atoms with Crippen molar-refractivity contribution in [3.05, 3.63) is 46.5 Å². The molecule has 0 amide bonds. The smallest absolute Gasteiger partial charge is 0.161 e. The molecule has 6 rings (SSSR count). The molecule has 0 saturated carbocycles. The largest absolute Gasteiger partial charge is 0.493 e. The number of hydrogen-bond acceptors (Lipinski definition) is 8. The third kappa shape index (κ3) is 3.49. The number of fused-ring (bicyclic) bond motifs is 6. The maximum atomic E-state index is 10.3. The van der Waals surface area contributed by atoms with E-state index in [1.807, 2.05) is 6.92 Å². The zero-order chi connectivity index (χ0) is 26.1. The fourth-order valence-corrected chi connectivity index (χ4v) is 7.52. The number of ether oxygens (including phenoxy) is 5. The van der Waals surface area contributed by atoms with Crippen LogP contribution in [0.2, 0.25) is 0 Å². The maximum absolute atomic E-state index is 10.3. The van der Waals surface area contributed by atoms with Crippen LogP contribution in [0.4, 0.5) is 0 Å². The molecule has 4 aliphatic heterocycles. The minimum absolute atomic E-state index is 0.00140. The lowest BCUT2D eigenvalue weighted by molar-refractivity contribution is -0.177. The van der Waals surface area contributed by atoms with E-state index in [2.05, 4.69) is 41.0 Å². The number of rotatable bonds is 8. The van der Waals surface area contributed by atoms with E-state index in [0.717, 1.165) is 42.4 Å². The number of aliphatic hydroxyl groups excluding tert-OH is 1. The molecule has 2 aromatic rings. The molecule has 37 heavy (non-hydrogen) atoms. The van der Waals surface area contributed by atoms with Gasteiger partial charge in [0.25, 0.3) is 0 Å². The standard InChI is InChI=1S/C29H38N2O6/c1-7-27(32)37-15-22-18-10-24(34-4)23(33-3)9-16(18)8-21-28-19-11-25(35-5)26(36-6)12-20(19)29(2)13-17(31(28)29)14-30(21)22/h9-12,17,21-22,27-28,32H,7-8,13-15H2,1-6H3. The molecule has 4 heterocycles. The maximum Gasteiger partial charge on any atom is 0.161 e. The second kappa shape index (κ2) is 9.05. The first-order valence-corrected chi connectivity index (χ1v) is 13.2. The van der Waals surface area contributed by atoms with Crippen molar-refractivity contribution in [2.75, 3.05) is 41.6 Å². The lowest BCUT2D eigenvalue weighted by Gasteiger charge is -2.64. The summed E-state index contributed by atoms with van der Waals surface area (Å²) in [6, 6.07) is 9.55. The third-order valence-corrected chi connectivity index (χ3v) is 9.19. The van der Waals surface area contributed by atoms with E-state index in [4.69, 9.17) is 23.7 Å². The Kier molecular flexibility index (Phi) is 6.06. The highest BCUT2D eigenvalue weighted by Crippen LogP contribution is 2.63. The number of methoxy groups -OCH3 is 4. The average Bonchev–Trinajstić information content (AvgIpc) is 3.13. The summed E-state index contributed by atoms with van der Waals surface area (Å²) in [4.78, 5) is 5.34. The molecule has 2 saturated heterocycles. The summed E-state index contributed by atoms with van der Waals surface area (Å²) in [7, 11) is 6.76. The van der Waals surface area contributed by atoms with E-state index in [9.17, 15) is 5.11 Å². The van der Waals surface area contributed by atoms with Crippen LogP contribution in [0.15, 0.2) is 24.3 Å². The van der Waals surface area contributed by atoms with Gasteiger partial charge in [-0.2, -0.15) is 0 Å². The Balaban J connectivity index is 1.47. The molecule has 0 bridgehead atoms. The summed E-state index contributed by atoms with van der Waals surface area (Å²) < 4.78 is 28.7. The molecule has 0 aliphatic carbocycles. The first kappa shape index (κ1) is 24.8. The van der Waals surface area contributed by atoms with Gasteiger partial charge in [-0.1, -0.05) is 6.92 Å². The molecular formula is C29H38N2O6. The van der Waals surface area contributed by atoms with Crippen LogP contribution in [0, 0.1) is 0 Å². The second-order valence-corrected chi connectivity index (χ2v) is 10.9. The van der Waals surface area contributed by atoms with Gasteiger partial charge in [-0.05, 0) is 72.7 Å². The Hall–Kier alpha value is -2.52. The van der Waals surface area contributed by atoms with Gasteiger partial charge in [0.2, 0.25) is 0 Å². The van der Waals surface area contributed by atoms with Crippen LogP contribution < -0.4 is 18.9 Å². The van der Waals surface area contributed by atoms with E-state index in [1.165, 1.54) is 22.3 Å². The van der Waals surface area contributed by atoms with Gasteiger partial charge in [0.1, 0.15) is 0 Å². The molecule has 8 nitrogen and oxygen atoms in total. The summed E-state index contributed by atoms with van der Waals surface area (Å²) in [6.45, 7) is 5.68. The lowest BCUT2D eigenvalue weighted by atomic mass is 9.74. The molecule has 200 valence electrons. The number of nitrogens with zero attached hydrogens (tertiary/aromatic N) is 2. The predicted molar refractivity (Wildman–Crippen MR) is 139 cm³/mol. The van der Waals surface area contributed by atoms with E-state index in [-0.39, 0.29) is 23.7 Å². The molecule has 0 radical (unpaired) electrons. The van der Waals surface area contributed by atoms with Gasteiger partial charge in [0.05, 0.1) is 47.1 Å². The van der Waals surface area contributed by atoms with Crippen molar-refractivity contribution in [2.45, 2.75) is 69.1 Å². The molecule has 2 aromatic carbocycles. The molecular weight excluding hydrogens is 472 g/mol. The van der Waals surface area contributed by atoms with Crippen LogP contribution in [-0.2, 0) is 16.7 Å². The van der Waals surface area contributed by atoms with Gasteiger partial charge in [0, 0.05) is 24.2 Å². The van der Waals surface area contributed by atoms with Crippen molar-refractivity contribution < 1.29 is 28.8 Å². The minimum Gasteiger partial charge on any atom is -0.493 e. The number of benzene rings is 2. The summed E-state index contributed by atoms with van der Waals surface area (Å²) >= 11 is 0. The summed E-state index contributed by atoms with van der Waals surface area (Å²) in [5.41, 5.74) is 5.11. The third-order valence-electron chi connectivity index (χ3n) is 9.19. The summed E-state index contributed by atoms with van der Waals surface area (Å²) in [6.07, 6.45) is 1.77. The molecule has 2 fully saturated rings. The van der Waals surface area contributed by atoms with Gasteiger partial charge in [-0.15, -0.1) is 0 Å². The number of aliphatic hydroxyl groups is 1. The predicted octanol–water partition coefficient (Wildman–Crippen LogP) is 3.79. The second-order valence-electron chi connectivity index (χ2n) is 10.9. The molecule has 0 spiro atoms. The van der Waals surface area contributed by atoms with Gasteiger partial charge in [-0.25, -0.2) is 0 Å². The summed E-state index contributed by atoms with van der Waals surface area (Å²) in [5.74, 6) is 3.02. The fourth-order valence-electron chi connectivity index (χ4n) is 7.52. The normalized spacial score (nSPS) is 30.4. The number of piperazine rings is 1. The SMILES string of the molecule is CCC(O)OCC1c2cc(OC)c(OC)cc2CC2C3c4cc(OC)c(OC)cc4C4(C)CC(CN12)N34. The van der Waals surface area contributed by atoms with Gasteiger partial charge in [-0.3, -0.25) is 9.80 Å². The van der Waals surface area contributed by atoms with Crippen LogP contribution in [0.3, 0.4) is 0 Å². The quantitative estimate of drug-likeness (QED) is 0.538. The van der Waals surface area contributed by atoms with Crippen molar-refractivity contribution in [3.63, 3.8) is 0 Å². The number of hydrogen-bond donors (Lipinski definition) is 1. The molecule has 6 atom stereocenters. The molecule has 0 aromatic heterocycles. The van der Waals surface area contributed by atoms with Gasteiger partial charge < -0.3 is 28.8 Å². The van der Waals surface area contributed by atoms with E-state index in [0.29, 0.717) is 19.1 Å². The first-order chi connectivity index (χ1) is 17.9. The monoisotopic (exact) mass is 510 g/mol. The van der Waals surface area contributed by atoms with E-state index < -0.39 is 6.29 Å². The van der Waals surface area contributed by atoms with Crippen molar-refractivity contribution in [1.29, 1.82) is 0 Å². The van der Waals surface area contributed by atoms with Crippen LogP contribution in [0.25, 0.3) is 0 Å². The first-order valence-electron chi connectivity index (χ1n) is 13.2. The molecule has 8 heteroatoms. The Morgan fingerprint density at radius 1 is 0.946 bits per heavy atom. The highest BCUT2D eigenvalue weighted by Gasteiger charge is 2.64. The minimum atomic E-state index is -0.777. The van der Waals surface area contributed by atoms with Crippen molar-refractivity contribution in [1.82, 2.24) is 9.80 Å². The van der Waals surface area contributed by atoms with Crippen LogP contribution in [0.1, 0.15) is 61.0 Å². The average molecular weight is 511 g/mol. The van der Waals surface area contributed by atoms with Crippen LogP contribution in [0.5, 0.6) is 23.0 Å². The van der Waals surface area contributed by atoms with Gasteiger partial charge in [0.15, 0.2) is 29.3 Å². The molecule has 6 unspecified atom stereocenters. The van der Waals surface area contributed by atoms with Crippen molar-refractivity contribution >= 4 is 0 Å². The Bertz CT molecular complexity index is 1200. The van der Waals surface area contributed by atoms with Crippen molar-refractivity contribution in [3.8, 4) is 23.0 Å². The zero-order valence-electron chi connectivity index (χ0n) is 22.6. The van der Waals surface area contributed by atoms with Gasteiger partial charge >= 0.3 is 0 Å². The Labute approximate surface area is 219 Å². The highest BCUT2D eigenvalue weighted by molar-refractivity contribution is 5.57. The summed E-state index contributed by atoms with van der Waals surface area (Å²) in [5, 5.41) is 10.3. The fraction of sp³-hybridized carbons (Fsp3) is 0.586. The zero-order valence-corrected chi connectivity index (χ0v) is 22.6. The van der Waals surface area contributed by atoms with E-state index >= 15 is 0 Å². The molecule has 1 N–H and O–H groups in total. The van der Waals surface area contributed by atoms with Crippen LogP contribution >= 0.6 is 0 Å². The Morgan fingerprint density at radius 3 is 2.22 bits per heavy atom.